The van der Waals surface area contributed by atoms with Crippen LogP contribution in [-0.2, 0) is 123 Å². The number of rotatable bonds is 35. The number of aliphatic hydroxyl groups excluding tert-OH is 1. The Morgan fingerprint density at radius 2 is 1.12 bits per heavy atom. The number of benzene rings is 3. The molecule has 3 aromatic heterocycles. The average molecular weight is 1910 g/mol. The molecule has 0 saturated carbocycles. The third-order valence-corrected chi connectivity index (χ3v) is 23.3. The van der Waals surface area contributed by atoms with Crippen molar-refractivity contribution in [1.29, 1.82) is 0 Å². The van der Waals surface area contributed by atoms with Crippen molar-refractivity contribution in [2.75, 3.05) is 31.1 Å². The Morgan fingerprint density at radius 3 is 1.75 bits per heavy atom. The Balaban J connectivity index is 1.35. The molecule has 0 unspecified atom stereocenters. The number of carbonyl (C=O) groups excluding carboxylic acids is 17. The number of aliphatic hydroxyl groups is 1. The summed E-state index contributed by atoms with van der Waals surface area (Å²) in [7, 11) is 1.37. The number of aromatic hydroxyl groups is 1. The summed E-state index contributed by atoms with van der Waals surface area (Å²) < 4.78 is 0. The van der Waals surface area contributed by atoms with Crippen molar-refractivity contribution in [2.45, 2.75) is 216 Å². The Bertz CT molecular complexity index is 5050. The fraction of sp³-hybridized carbons (Fsp3) is 0.477. The minimum absolute atomic E-state index is 0.127. The summed E-state index contributed by atoms with van der Waals surface area (Å²) in [4.78, 5) is 287. The van der Waals surface area contributed by atoms with Gasteiger partial charge in [0.15, 0.2) is 0 Å². The first-order chi connectivity index (χ1) is 63.6. The highest BCUT2D eigenvalue weighted by atomic mass is 33.1. The average Bonchev–Trinajstić information content (AvgIpc) is 1.64. The molecule has 48 heteroatoms. The summed E-state index contributed by atoms with van der Waals surface area (Å²) in [5.74, 6) is -23.9. The molecule has 7 rings (SSSR count). The number of carboxylic acids is 2. The second kappa shape index (κ2) is 53.5. The van der Waals surface area contributed by atoms with Gasteiger partial charge >= 0.3 is 11.9 Å². The van der Waals surface area contributed by atoms with E-state index in [0.29, 0.717) is 61.3 Å². The van der Waals surface area contributed by atoms with Gasteiger partial charge in [0, 0.05) is 97.8 Å². The van der Waals surface area contributed by atoms with Gasteiger partial charge in [-0.15, -0.1) is 0 Å². The first-order valence-electron chi connectivity index (χ1n) is 43.1. The zero-order valence-corrected chi connectivity index (χ0v) is 76.3. The van der Waals surface area contributed by atoms with Crippen molar-refractivity contribution >= 4 is 145 Å². The zero-order valence-electron chi connectivity index (χ0n) is 74.6. The number of phenolic OH excluding ortho intramolecular Hbond substituents is 1. The minimum Gasteiger partial charge on any atom is -0.508 e. The van der Waals surface area contributed by atoms with Gasteiger partial charge in [0.05, 0.1) is 38.3 Å². The summed E-state index contributed by atoms with van der Waals surface area (Å²) in [5.41, 5.74) is 13.4. The van der Waals surface area contributed by atoms with E-state index in [1.165, 1.54) is 69.4 Å². The van der Waals surface area contributed by atoms with Crippen molar-refractivity contribution in [3.8, 4) is 5.75 Å². The molecule has 1 fully saturated rings. The van der Waals surface area contributed by atoms with Gasteiger partial charge in [0.2, 0.25) is 100 Å². The number of carbonyl (C=O) groups is 19. The van der Waals surface area contributed by atoms with Crippen molar-refractivity contribution in [1.82, 2.24) is 110 Å². The minimum atomic E-state index is -2.06. The van der Waals surface area contributed by atoms with Crippen molar-refractivity contribution in [3.63, 3.8) is 0 Å². The highest BCUT2D eigenvalue weighted by molar-refractivity contribution is 8.76. The van der Waals surface area contributed by atoms with Gasteiger partial charge in [-0.25, -0.2) is 9.97 Å². The van der Waals surface area contributed by atoms with Gasteiger partial charge in [0.25, 0.3) is 0 Å². The molecule has 15 atom stereocenters. The number of unbranched alkanes of at least 4 members (excludes halogenated alkanes) is 1. The van der Waals surface area contributed by atoms with Crippen LogP contribution in [0.5, 0.6) is 5.75 Å². The summed E-state index contributed by atoms with van der Waals surface area (Å²) in [6.07, 6.45) is 1.06. The standard InChI is InChI=1S/C86H117N23O23S2/c1-43(2)27-58-82(128)108-71(44(3)4)85(131)105-61(30-50-34-91-55-18-12-11-17-54(50)55)79(125)107-66(84(130)109-72(46(6)110)86(132)104-60(28-48-15-9-8-10-16-48)78(124)102-62(31-51-35-89-41-94-51)75(121)92-37-67(88)113)40-134-133-39-65(106-81(127)64(33-70(117)118)97-47(7)111)83(129)96-45(5)73(119)100-59(29-49-20-22-53(112)23-21-49)77(123)103-63(32-52-36-90-42-95-52)80(126)99-56(19-13-14-26-87)74(120)93-38-68(114)98-57(76(122)101-58)24-25-69(115)116/h8-12,15-18,20-23,34-36,41-46,56-66,71-72,91,110,112H,13-14,19,24-33,37-40,87H2,1-7H3,(H2,88,113)(H,89,94)(H,90,95)(H,92,121)(H,93,120)(H,96,129)(H,97,111)(H,98,114)(H,99,126)(H,100,119)(H,101,122)(H,102,124)(H,103,123)(H,104,132)(H,105,131)(H,106,127)(H,107,125)(H,108,128)(H,109,130)(H,115,116)(H,117,118)/t45-,46+,56-,57-,58-,59-,60-,61-,62-,63-,64-,65-,66-,71-,72-/m0/s1. The number of fused-ring (bicyclic) bond motifs is 1. The lowest BCUT2D eigenvalue weighted by Gasteiger charge is -2.30. The molecule has 1 aliphatic heterocycles. The number of phenols is 1. The molecule has 46 nitrogen and oxygen atoms in total. The Hall–Kier alpha value is -14.0. The summed E-state index contributed by atoms with van der Waals surface area (Å²) >= 11 is 0. The molecule has 1 saturated heterocycles. The summed E-state index contributed by atoms with van der Waals surface area (Å²) in [6.45, 7) is 8.22. The van der Waals surface area contributed by atoms with Crippen LogP contribution in [0.3, 0.4) is 0 Å². The van der Waals surface area contributed by atoms with Gasteiger partial charge in [-0.05, 0) is 99.2 Å². The molecular weight excluding hydrogens is 1790 g/mol. The van der Waals surface area contributed by atoms with Crippen molar-refractivity contribution in [3.05, 3.63) is 138 Å². The molecular formula is C86H117N23O23S2. The van der Waals surface area contributed by atoms with E-state index in [4.69, 9.17) is 11.5 Å². The van der Waals surface area contributed by atoms with Gasteiger partial charge in [-0.2, -0.15) is 0 Å². The van der Waals surface area contributed by atoms with Crippen LogP contribution < -0.4 is 96.5 Å². The highest BCUT2D eigenvalue weighted by Gasteiger charge is 2.41. The van der Waals surface area contributed by atoms with E-state index >= 15 is 14.4 Å². The van der Waals surface area contributed by atoms with Crippen LogP contribution >= 0.6 is 21.6 Å². The quantitative estimate of drug-likeness (QED) is 0.0131. The molecule has 0 spiro atoms. The lowest BCUT2D eigenvalue weighted by molar-refractivity contribution is -0.141. The largest absolute Gasteiger partial charge is 0.508 e. The number of aliphatic carboxylic acids is 2. The third kappa shape index (κ3) is 35.6. The van der Waals surface area contributed by atoms with Crippen LogP contribution in [0.1, 0.15) is 121 Å². The van der Waals surface area contributed by atoms with E-state index in [1.807, 2.05) is 0 Å². The number of carboxylic acid groups (broad SMARTS) is 2. The first-order valence-corrected chi connectivity index (χ1v) is 45.6. The van der Waals surface area contributed by atoms with E-state index in [2.05, 4.69) is 110 Å². The summed E-state index contributed by atoms with van der Waals surface area (Å²) in [6, 6.07) is -3.80. The highest BCUT2D eigenvalue weighted by Crippen LogP contribution is 2.26. The predicted molar refractivity (Wildman–Crippen MR) is 485 cm³/mol. The second-order valence-electron chi connectivity index (χ2n) is 32.7. The van der Waals surface area contributed by atoms with E-state index in [1.54, 1.807) is 68.4 Å². The Labute approximate surface area is 777 Å². The van der Waals surface area contributed by atoms with Gasteiger partial charge < -0.3 is 132 Å². The maximum atomic E-state index is 15.7. The number of nitrogens with one attached hydrogen (secondary N) is 19. The SMILES string of the molecule is CC(=O)N[C@@H](CC(=O)O)C(=O)N[C@H]1CSSC[C@@H](C(=O)N[C@H](C(=O)N[C@@H](Cc2ccccc2)C(=O)N[C@@H](Cc2cnc[nH]2)C(=O)NCC(N)=O)[C@@H](C)O)NC(=O)[C@H](Cc2c[nH]c3ccccc23)NC(=O)[C@H](C(C)C)NC(=O)[C@H](CC(C)C)NC(=O)[C@H](CCC(=O)O)NC(=O)CNC(=O)[C@H](CCCCN)NC(=O)[C@H](Cc2cnc[nH]2)NC(=O)[C@H](Cc2ccc(O)cc2)NC(=O)[C@H](C)NC1=O. The Kier molecular flexibility index (Phi) is 42.7. The predicted octanol–water partition coefficient (Wildman–Crippen LogP) is -4.68. The fourth-order valence-electron chi connectivity index (χ4n) is 13.9. The topological polar surface area (TPSA) is 723 Å². The van der Waals surface area contributed by atoms with Crippen LogP contribution in [-0.4, -0.2) is 280 Å². The number of H-pyrrole nitrogens is 3. The van der Waals surface area contributed by atoms with Crippen molar-refractivity contribution in [2.24, 2.45) is 23.3 Å². The molecule has 3 aromatic carbocycles. The first kappa shape index (κ1) is 107. The second-order valence-corrected chi connectivity index (χ2v) is 35.3. The normalized spacial score (nSPS) is 21.1. The van der Waals surface area contributed by atoms with E-state index in [0.717, 1.165) is 20.8 Å². The number of para-hydroxylation sites is 1. The zero-order chi connectivity index (χ0) is 98.4. The van der Waals surface area contributed by atoms with Gasteiger partial charge in [0.1, 0.15) is 90.3 Å². The molecule has 0 radical (unpaired) electrons. The molecule has 0 bridgehead atoms. The number of nitrogens with zero attached hydrogens (tertiary/aromatic N) is 2. The number of aromatic amines is 3. The molecule has 27 N–H and O–H groups in total. The fourth-order valence-corrected chi connectivity index (χ4v) is 16.2. The molecule has 1 aliphatic rings. The van der Waals surface area contributed by atoms with E-state index in [-0.39, 0.29) is 56.5 Å². The van der Waals surface area contributed by atoms with Crippen LogP contribution in [0, 0.1) is 11.8 Å². The molecule has 0 aliphatic carbocycles. The number of hydrogen-bond donors (Lipinski definition) is 25. The molecule has 726 valence electrons. The smallest absolute Gasteiger partial charge is 0.305 e. The molecule has 4 heterocycles. The van der Waals surface area contributed by atoms with Crippen LogP contribution in [0.2, 0.25) is 0 Å². The molecule has 17 amide bonds. The van der Waals surface area contributed by atoms with Gasteiger partial charge in [-0.3, -0.25) is 91.1 Å². The van der Waals surface area contributed by atoms with Gasteiger partial charge in [-0.1, -0.05) is 110 Å². The van der Waals surface area contributed by atoms with E-state index in [9.17, 15) is 97.1 Å². The Morgan fingerprint density at radius 1 is 0.537 bits per heavy atom. The number of amides is 17. The molecule has 134 heavy (non-hydrogen) atoms. The lowest BCUT2D eigenvalue weighted by atomic mass is 9.98. The number of nitrogens with two attached hydrogens (primary N) is 2. The number of hydrogen-bond acceptors (Lipinski definition) is 26. The summed E-state index contributed by atoms with van der Waals surface area (Å²) in [5, 5.41) is 82.3. The molecule has 6 aromatic rings. The third-order valence-electron chi connectivity index (χ3n) is 20.9. The van der Waals surface area contributed by atoms with Crippen LogP contribution in [0.4, 0.5) is 0 Å². The van der Waals surface area contributed by atoms with Crippen LogP contribution in [0.25, 0.3) is 10.9 Å². The van der Waals surface area contributed by atoms with Crippen LogP contribution in [0.15, 0.2) is 110 Å². The monoisotopic (exact) mass is 1900 g/mol. The number of primary amides is 1. The number of imidazole rings is 2. The lowest BCUT2D eigenvalue weighted by Crippen LogP contribution is -2.63. The maximum Gasteiger partial charge on any atom is 0.305 e. The van der Waals surface area contributed by atoms with E-state index < -0.39 is 272 Å². The maximum absolute atomic E-state index is 15.7. The van der Waals surface area contributed by atoms with Crippen molar-refractivity contribution < 1.29 is 112 Å². The number of aromatic nitrogens is 5.